The molecule has 0 saturated carbocycles. The molecule has 1 aliphatic heterocycles. The zero-order chi connectivity index (χ0) is 14.7. The van der Waals surface area contributed by atoms with E-state index < -0.39 is 0 Å². The lowest BCUT2D eigenvalue weighted by Gasteiger charge is -2.24. The second kappa shape index (κ2) is 6.13. The van der Waals surface area contributed by atoms with E-state index in [-0.39, 0.29) is 0 Å². The molecule has 112 valence electrons. The first-order chi connectivity index (χ1) is 10.3. The molecular formula is C15H19N3O3. The first kappa shape index (κ1) is 13.9. The van der Waals surface area contributed by atoms with Crippen LogP contribution in [0.25, 0.3) is 10.9 Å². The molecule has 0 spiro atoms. The van der Waals surface area contributed by atoms with Crippen LogP contribution in [0.3, 0.4) is 0 Å². The lowest BCUT2D eigenvalue weighted by atomic mass is 10.1. The van der Waals surface area contributed by atoms with E-state index in [0.29, 0.717) is 17.5 Å². The van der Waals surface area contributed by atoms with Crippen LogP contribution in [-0.4, -0.2) is 43.4 Å². The van der Waals surface area contributed by atoms with Crippen LogP contribution in [-0.2, 0) is 4.74 Å². The first-order valence-corrected chi connectivity index (χ1v) is 7.03. The number of aromatic nitrogens is 2. The van der Waals surface area contributed by atoms with Crippen molar-refractivity contribution in [1.82, 2.24) is 9.97 Å². The Labute approximate surface area is 123 Å². The van der Waals surface area contributed by atoms with Crippen LogP contribution in [0.15, 0.2) is 18.5 Å². The average Bonchev–Trinajstić information content (AvgIpc) is 2.55. The van der Waals surface area contributed by atoms with E-state index in [9.17, 15) is 0 Å². The zero-order valence-electron chi connectivity index (χ0n) is 12.3. The van der Waals surface area contributed by atoms with Crippen LogP contribution in [0, 0.1) is 0 Å². The smallest absolute Gasteiger partial charge is 0.162 e. The number of ether oxygens (including phenoxy) is 3. The monoisotopic (exact) mass is 289 g/mol. The van der Waals surface area contributed by atoms with Crippen molar-refractivity contribution >= 4 is 16.7 Å². The van der Waals surface area contributed by atoms with Gasteiger partial charge in [0.15, 0.2) is 11.5 Å². The molecule has 1 saturated heterocycles. The molecule has 1 aromatic heterocycles. The maximum atomic E-state index is 5.38. The van der Waals surface area contributed by atoms with E-state index in [1.807, 2.05) is 12.1 Å². The summed E-state index contributed by atoms with van der Waals surface area (Å²) in [6.45, 7) is 1.58. The molecule has 21 heavy (non-hydrogen) atoms. The van der Waals surface area contributed by atoms with E-state index in [1.54, 1.807) is 20.5 Å². The van der Waals surface area contributed by atoms with Gasteiger partial charge in [-0.25, -0.2) is 9.97 Å². The van der Waals surface area contributed by atoms with Crippen molar-refractivity contribution in [3.63, 3.8) is 0 Å². The number of nitrogens with one attached hydrogen (secondary N) is 1. The molecule has 0 aliphatic carbocycles. The van der Waals surface area contributed by atoms with Gasteiger partial charge in [0.25, 0.3) is 0 Å². The topological polar surface area (TPSA) is 65.5 Å². The molecule has 0 unspecified atom stereocenters. The maximum Gasteiger partial charge on any atom is 0.162 e. The summed E-state index contributed by atoms with van der Waals surface area (Å²) in [7, 11) is 3.24. The fourth-order valence-electron chi connectivity index (χ4n) is 2.53. The molecule has 2 aromatic rings. The van der Waals surface area contributed by atoms with Gasteiger partial charge in [0.1, 0.15) is 12.1 Å². The quantitative estimate of drug-likeness (QED) is 0.931. The van der Waals surface area contributed by atoms with Gasteiger partial charge in [0.2, 0.25) is 0 Å². The zero-order valence-corrected chi connectivity index (χ0v) is 12.3. The Hall–Kier alpha value is -2.08. The van der Waals surface area contributed by atoms with Crippen molar-refractivity contribution in [3.05, 3.63) is 18.5 Å². The van der Waals surface area contributed by atoms with Gasteiger partial charge in [0.05, 0.1) is 19.7 Å². The van der Waals surface area contributed by atoms with Gasteiger partial charge in [-0.15, -0.1) is 0 Å². The highest BCUT2D eigenvalue weighted by Gasteiger charge is 2.16. The number of hydrogen-bond acceptors (Lipinski definition) is 6. The minimum Gasteiger partial charge on any atom is -0.493 e. The van der Waals surface area contributed by atoms with Crippen molar-refractivity contribution in [3.8, 4) is 11.5 Å². The van der Waals surface area contributed by atoms with Gasteiger partial charge in [-0.3, -0.25) is 0 Å². The van der Waals surface area contributed by atoms with E-state index in [1.165, 1.54) is 0 Å². The normalized spacial score (nSPS) is 15.9. The molecule has 6 nitrogen and oxygen atoms in total. The van der Waals surface area contributed by atoms with Gasteiger partial charge >= 0.3 is 0 Å². The van der Waals surface area contributed by atoms with Crippen LogP contribution < -0.4 is 14.8 Å². The largest absolute Gasteiger partial charge is 0.493 e. The van der Waals surface area contributed by atoms with Crippen molar-refractivity contribution in [1.29, 1.82) is 0 Å². The lowest BCUT2D eigenvalue weighted by Crippen LogP contribution is -2.28. The van der Waals surface area contributed by atoms with Crippen LogP contribution >= 0.6 is 0 Å². The van der Waals surface area contributed by atoms with Crippen molar-refractivity contribution < 1.29 is 14.2 Å². The summed E-state index contributed by atoms with van der Waals surface area (Å²) >= 11 is 0. The van der Waals surface area contributed by atoms with Crippen LogP contribution in [0.2, 0.25) is 0 Å². The predicted octanol–water partition coefficient (Wildman–Crippen LogP) is 2.24. The molecule has 0 bridgehead atoms. The summed E-state index contributed by atoms with van der Waals surface area (Å²) in [6.07, 6.45) is 3.54. The van der Waals surface area contributed by atoms with Gasteiger partial charge in [-0.1, -0.05) is 0 Å². The highest BCUT2D eigenvalue weighted by molar-refractivity contribution is 5.91. The molecule has 1 aromatic carbocycles. The Balaban J connectivity index is 1.97. The molecule has 2 heterocycles. The van der Waals surface area contributed by atoms with Crippen LogP contribution in [0.5, 0.6) is 11.5 Å². The molecule has 1 fully saturated rings. The summed E-state index contributed by atoms with van der Waals surface area (Å²) in [6, 6.07) is 4.16. The average molecular weight is 289 g/mol. The minimum absolute atomic E-state index is 0.380. The Morgan fingerprint density at radius 3 is 2.52 bits per heavy atom. The van der Waals surface area contributed by atoms with Gasteiger partial charge < -0.3 is 19.5 Å². The number of fused-ring (bicyclic) bond motifs is 1. The van der Waals surface area contributed by atoms with Crippen molar-refractivity contribution in [2.45, 2.75) is 18.9 Å². The third kappa shape index (κ3) is 2.85. The second-order valence-electron chi connectivity index (χ2n) is 4.98. The molecule has 0 atom stereocenters. The molecule has 6 heteroatoms. The maximum absolute atomic E-state index is 5.38. The number of benzene rings is 1. The highest BCUT2D eigenvalue weighted by atomic mass is 16.5. The molecule has 1 aliphatic rings. The third-order valence-electron chi connectivity index (χ3n) is 3.70. The fraction of sp³-hybridized carbons (Fsp3) is 0.467. The number of nitrogens with zero attached hydrogens (tertiary/aromatic N) is 2. The summed E-state index contributed by atoms with van der Waals surface area (Å²) < 4.78 is 16.1. The Morgan fingerprint density at radius 1 is 1.10 bits per heavy atom. The lowest BCUT2D eigenvalue weighted by molar-refractivity contribution is 0.0904. The second-order valence-corrected chi connectivity index (χ2v) is 4.98. The Kier molecular flexibility index (Phi) is 4.06. The number of rotatable bonds is 4. The van der Waals surface area contributed by atoms with Gasteiger partial charge in [-0.05, 0) is 18.9 Å². The summed E-state index contributed by atoms with van der Waals surface area (Å²) in [5.41, 5.74) is 0.831. The standard InChI is InChI=1S/C15H19N3O3/c1-19-13-7-11-12(8-14(13)20-2)16-9-17-15(11)18-10-3-5-21-6-4-10/h7-10H,3-6H2,1-2H3,(H,16,17,18). The molecule has 0 radical (unpaired) electrons. The Morgan fingerprint density at radius 2 is 1.81 bits per heavy atom. The number of hydrogen-bond donors (Lipinski definition) is 1. The first-order valence-electron chi connectivity index (χ1n) is 7.03. The Bertz CT molecular complexity index is 627. The van der Waals surface area contributed by atoms with E-state index >= 15 is 0 Å². The third-order valence-corrected chi connectivity index (χ3v) is 3.70. The summed E-state index contributed by atoms with van der Waals surface area (Å²) in [5, 5.41) is 4.42. The minimum atomic E-state index is 0.380. The molecular weight excluding hydrogens is 270 g/mol. The summed E-state index contributed by atoms with van der Waals surface area (Å²) in [4.78, 5) is 8.68. The highest BCUT2D eigenvalue weighted by Crippen LogP contribution is 2.33. The van der Waals surface area contributed by atoms with E-state index in [4.69, 9.17) is 14.2 Å². The molecule has 0 amide bonds. The van der Waals surface area contributed by atoms with E-state index in [2.05, 4.69) is 15.3 Å². The molecule has 3 rings (SSSR count). The number of anilines is 1. The predicted molar refractivity (Wildman–Crippen MR) is 80.1 cm³/mol. The summed E-state index contributed by atoms with van der Waals surface area (Å²) in [5.74, 6) is 2.17. The molecule has 1 N–H and O–H groups in total. The fourth-order valence-corrected chi connectivity index (χ4v) is 2.53. The van der Waals surface area contributed by atoms with Crippen LogP contribution in [0.1, 0.15) is 12.8 Å². The van der Waals surface area contributed by atoms with Crippen molar-refractivity contribution in [2.75, 3.05) is 32.8 Å². The van der Waals surface area contributed by atoms with Crippen molar-refractivity contribution in [2.24, 2.45) is 0 Å². The van der Waals surface area contributed by atoms with E-state index in [0.717, 1.165) is 42.8 Å². The van der Waals surface area contributed by atoms with Gasteiger partial charge in [-0.2, -0.15) is 0 Å². The SMILES string of the molecule is COc1cc2ncnc(NC3CCOCC3)c2cc1OC. The van der Waals surface area contributed by atoms with Crippen LogP contribution in [0.4, 0.5) is 5.82 Å². The van der Waals surface area contributed by atoms with Gasteiger partial charge in [0, 0.05) is 30.7 Å². The number of methoxy groups -OCH3 is 2.